The van der Waals surface area contributed by atoms with E-state index in [1.54, 1.807) is 0 Å². The number of para-hydroxylation sites is 2. The Labute approximate surface area is 244 Å². The quantitative estimate of drug-likeness (QED) is 0.147. The molecule has 0 saturated carbocycles. The average Bonchev–Trinajstić information content (AvgIpc) is 2.97. The van der Waals surface area contributed by atoms with E-state index in [0.717, 1.165) is 33.5 Å². The second kappa shape index (κ2) is 11.7. The molecular formula is C34H22Cl2N2Ti-2. The summed E-state index contributed by atoms with van der Waals surface area (Å²) in [6, 6.07) is 46.6. The van der Waals surface area contributed by atoms with Crippen LogP contribution >= 0.6 is 18.6 Å². The Morgan fingerprint density at radius 2 is 0.667 bits per heavy atom. The summed E-state index contributed by atoms with van der Waals surface area (Å²) in [5, 5.41) is 19.8. The van der Waals surface area contributed by atoms with Crippen LogP contribution in [0.25, 0.3) is 53.7 Å². The Kier molecular flexibility index (Phi) is 7.72. The van der Waals surface area contributed by atoms with Crippen molar-refractivity contribution in [2.75, 3.05) is 0 Å². The van der Waals surface area contributed by atoms with E-state index in [1.165, 1.54) is 32.3 Å². The number of hydrogen-bond acceptors (Lipinski definition) is 0. The van der Waals surface area contributed by atoms with Crippen LogP contribution in [0.15, 0.2) is 133 Å². The average molecular weight is 577 g/mol. The van der Waals surface area contributed by atoms with Crippen LogP contribution in [-0.2, 0) is 17.0 Å². The Bertz CT molecular complexity index is 1800. The Balaban J connectivity index is 0.000000883. The van der Waals surface area contributed by atoms with E-state index in [9.17, 15) is 0 Å². The molecule has 0 spiro atoms. The normalized spacial score (nSPS) is 10.8. The molecule has 5 heteroatoms. The standard InChI is InChI=1S/C34H22N2.2ClH.Ti/c1-3-11-25-21-29-27(19-23(25)9-1)13-7-17-31(29)35-33-15-5-6-16-34(33)36-32-18-8-14-28-20-24-10-2-4-12-26(24)22-30(28)32;;;/h1-22H;2*1H;/q-2;;;+2/p-2. The van der Waals surface area contributed by atoms with Crippen LogP contribution in [0.4, 0.5) is 22.7 Å². The van der Waals surface area contributed by atoms with Crippen LogP contribution in [0.5, 0.6) is 0 Å². The predicted molar refractivity (Wildman–Crippen MR) is 166 cm³/mol. The van der Waals surface area contributed by atoms with Gasteiger partial charge in [0.05, 0.1) is 0 Å². The molecule has 0 aliphatic rings. The predicted octanol–water partition coefficient (Wildman–Crippen LogP) is 12.3. The van der Waals surface area contributed by atoms with E-state index in [-0.39, 0.29) is 0 Å². The molecule has 2 nitrogen and oxygen atoms in total. The maximum atomic E-state index is 5.11. The summed E-state index contributed by atoms with van der Waals surface area (Å²) in [7, 11) is 9.78. The molecule has 0 atom stereocenters. The minimum absolute atomic E-state index is 0.556. The van der Waals surface area contributed by atoms with E-state index in [0.29, 0.717) is 0 Å². The van der Waals surface area contributed by atoms with Gasteiger partial charge >= 0.3 is 35.6 Å². The molecule has 0 aliphatic heterocycles. The molecular weight excluding hydrogens is 555 g/mol. The van der Waals surface area contributed by atoms with Crippen LogP contribution in [-0.4, -0.2) is 0 Å². The van der Waals surface area contributed by atoms with Crippen LogP contribution in [0, 0.1) is 0 Å². The molecule has 0 bridgehead atoms. The molecule has 0 unspecified atom stereocenters. The fraction of sp³-hybridized carbons (Fsp3) is 0. The molecule has 0 heterocycles. The van der Waals surface area contributed by atoms with Gasteiger partial charge in [0.15, 0.2) is 0 Å². The van der Waals surface area contributed by atoms with Crippen molar-refractivity contribution >= 4 is 84.4 Å². The molecule has 0 aliphatic carbocycles. The molecule has 7 aromatic carbocycles. The fourth-order valence-electron chi connectivity index (χ4n) is 5.01. The smallest absolute Gasteiger partial charge is 0.0178 e. The van der Waals surface area contributed by atoms with E-state index in [1.807, 2.05) is 24.3 Å². The number of rotatable bonds is 4. The first kappa shape index (κ1) is 25.7. The van der Waals surface area contributed by atoms with E-state index in [2.05, 4.69) is 109 Å². The third-order valence-corrected chi connectivity index (χ3v) is 6.81. The largest absolute Gasteiger partial charge is 0.658 e. The van der Waals surface area contributed by atoms with Gasteiger partial charge in [-0.3, -0.25) is 0 Å². The molecule has 0 saturated heterocycles. The van der Waals surface area contributed by atoms with E-state index < -0.39 is 17.0 Å². The summed E-state index contributed by atoms with van der Waals surface area (Å²) in [6.07, 6.45) is 0. The number of hydrogen-bond donors (Lipinski definition) is 0. The van der Waals surface area contributed by atoms with Gasteiger partial charge in [0.25, 0.3) is 0 Å². The summed E-state index contributed by atoms with van der Waals surface area (Å²) in [4.78, 5) is 0. The summed E-state index contributed by atoms with van der Waals surface area (Å²) < 4.78 is 0. The van der Waals surface area contributed by atoms with Crippen LogP contribution in [0.2, 0.25) is 0 Å². The van der Waals surface area contributed by atoms with Crippen molar-refractivity contribution in [1.82, 2.24) is 0 Å². The molecule has 0 aromatic heterocycles. The van der Waals surface area contributed by atoms with Gasteiger partial charge in [-0.2, -0.15) is 11.4 Å². The maximum Gasteiger partial charge on any atom is -0.0178 e. The first-order chi connectivity index (χ1) is 19.2. The van der Waals surface area contributed by atoms with Gasteiger partial charge in [0, 0.05) is 0 Å². The molecule has 0 radical (unpaired) electrons. The Hall–Kier alpha value is -3.53. The number of halogens is 2. The second-order valence-corrected chi connectivity index (χ2v) is 11.8. The van der Waals surface area contributed by atoms with Crippen molar-refractivity contribution in [3.05, 3.63) is 144 Å². The van der Waals surface area contributed by atoms with Crippen LogP contribution in [0.3, 0.4) is 0 Å². The number of nitrogens with zero attached hydrogens (tertiary/aromatic N) is 2. The molecule has 7 rings (SSSR count). The fourth-order valence-corrected chi connectivity index (χ4v) is 5.01. The van der Waals surface area contributed by atoms with Gasteiger partial charge < -0.3 is 10.6 Å². The third kappa shape index (κ3) is 5.48. The van der Waals surface area contributed by atoms with E-state index in [4.69, 9.17) is 29.2 Å². The van der Waals surface area contributed by atoms with Gasteiger partial charge in [-0.25, -0.2) is 0 Å². The van der Waals surface area contributed by atoms with E-state index >= 15 is 0 Å². The van der Waals surface area contributed by atoms with Crippen LogP contribution in [0.1, 0.15) is 0 Å². The van der Waals surface area contributed by atoms with Gasteiger partial charge in [0.2, 0.25) is 0 Å². The third-order valence-electron chi connectivity index (χ3n) is 6.81. The number of fused-ring (bicyclic) bond motifs is 4. The number of benzene rings is 7. The van der Waals surface area contributed by atoms with Gasteiger partial charge in [-0.05, 0) is 67.4 Å². The molecule has 7 aromatic rings. The van der Waals surface area contributed by atoms with Crippen molar-refractivity contribution in [2.24, 2.45) is 0 Å². The van der Waals surface area contributed by atoms with Crippen molar-refractivity contribution in [1.29, 1.82) is 0 Å². The Morgan fingerprint density at radius 3 is 1.08 bits per heavy atom. The molecule has 0 N–H and O–H groups in total. The van der Waals surface area contributed by atoms with Crippen molar-refractivity contribution in [2.45, 2.75) is 0 Å². The first-order valence-electron chi connectivity index (χ1n) is 12.6. The topological polar surface area (TPSA) is 28.2 Å². The summed E-state index contributed by atoms with van der Waals surface area (Å²) in [6.45, 7) is 0. The molecule has 0 fully saturated rings. The minimum Gasteiger partial charge on any atom is -0.658 e. The summed E-state index contributed by atoms with van der Waals surface area (Å²) in [5.74, 6) is 0. The van der Waals surface area contributed by atoms with Gasteiger partial charge in [-0.15, -0.1) is 11.4 Å². The minimum atomic E-state index is -0.556. The zero-order valence-corrected chi connectivity index (χ0v) is 23.9. The molecule has 0 amide bonds. The SMILES string of the molecule is [Cl][Ti][Cl].c1ccc([N-]c2cccc3cc4ccccc4cc23)c([N-]c2cccc3cc4ccccc4cc23)c1. The maximum absolute atomic E-state index is 5.11. The molecule has 39 heavy (non-hydrogen) atoms. The van der Waals surface area contributed by atoms with Crippen molar-refractivity contribution in [3.8, 4) is 0 Å². The summed E-state index contributed by atoms with van der Waals surface area (Å²) >= 11 is -0.556. The van der Waals surface area contributed by atoms with Gasteiger partial charge in [0.1, 0.15) is 0 Å². The zero-order valence-electron chi connectivity index (χ0n) is 20.9. The Morgan fingerprint density at radius 1 is 0.359 bits per heavy atom. The van der Waals surface area contributed by atoms with Crippen molar-refractivity contribution < 1.29 is 17.0 Å². The van der Waals surface area contributed by atoms with Crippen LogP contribution < -0.4 is 0 Å². The first-order valence-corrected chi connectivity index (χ1v) is 16.8. The zero-order chi connectivity index (χ0) is 26.6. The second-order valence-electron chi connectivity index (χ2n) is 9.18. The van der Waals surface area contributed by atoms with Gasteiger partial charge in [-0.1, -0.05) is 109 Å². The van der Waals surface area contributed by atoms with Crippen molar-refractivity contribution in [3.63, 3.8) is 0 Å². The monoisotopic (exact) mass is 576 g/mol. The summed E-state index contributed by atoms with van der Waals surface area (Å²) in [5.41, 5.74) is 3.61. The molecule has 188 valence electrons.